The number of carbonyl (C=O) groups is 1. The molecular formula is C14H19N3O3S. The van der Waals surface area contributed by atoms with Crippen LogP contribution < -0.4 is 10.9 Å². The van der Waals surface area contributed by atoms with E-state index in [1.165, 1.54) is 15.7 Å². The zero-order valence-corrected chi connectivity index (χ0v) is 13.1. The van der Waals surface area contributed by atoms with Crippen LogP contribution in [0.25, 0.3) is 4.96 Å². The summed E-state index contributed by atoms with van der Waals surface area (Å²) in [6.45, 7) is 5.49. The first-order valence-electron chi connectivity index (χ1n) is 6.90. The number of rotatable bonds is 5. The molecule has 2 aromatic rings. The van der Waals surface area contributed by atoms with Gasteiger partial charge in [0, 0.05) is 11.6 Å². The molecule has 0 aliphatic heterocycles. The summed E-state index contributed by atoms with van der Waals surface area (Å²) in [5, 5.41) is 13.8. The molecule has 7 heteroatoms. The fraction of sp³-hybridized carbons (Fsp3) is 0.500. The van der Waals surface area contributed by atoms with Gasteiger partial charge in [-0.25, -0.2) is 4.98 Å². The Kier molecular flexibility index (Phi) is 4.74. The largest absolute Gasteiger partial charge is 0.394 e. The predicted molar refractivity (Wildman–Crippen MR) is 81.9 cm³/mol. The number of aryl methyl sites for hydroxylation is 1. The van der Waals surface area contributed by atoms with Gasteiger partial charge in [-0.05, 0) is 12.3 Å². The molecule has 114 valence electrons. The van der Waals surface area contributed by atoms with Crippen molar-refractivity contribution in [3.05, 3.63) is 33.2 Å². The highest BCUT2D eigenvalue weighted by atomic mass is 32.1. The van der Waals surface area contributed by atoms with Gasteiger partial charge in [0.2, 0.25) is 0 Å². The van der Waals surface area contributed by atoms with Crippen LogP contribution in [-0.4, -0.2) is 33.0 Å². The van der Waals surface area contributed by atoms with Gasteiger partial charge in [-0.3, -0.25) is 14.0 Å². The molecule has 21 heavy (non-hydrogen) atoms. The molecule has 2 heterocycles. The van der Waals surface area contributed by atoms with Gasteiger partial charge < -0.3 is 10.4 Å². The second kappa shape index (κ2) is 6.36. The highest BCUT2D eigenvalue weighted by Gasteiger charge is 2.23. The average molecular weight is 309 g/mol. The number of hydrogen-bond donors (Lipinski definition) is 2. The number of nitrogens with one attached hydrogen (secondary N) is 1. The van der Waals surface area contributed by atoms with Crippen LogP contribution in [0, 0.1) is 5.92 Å². The monoisotopic (exact) mass is 309 g/mol. The maximum Gasteiger partial charge on any atom is 0.271 e. The average Bonchev–Trinajstić information content (AvgIpc) is 2.92. The van der Waals surface area contributed by atoms with Crippen molar-refractivity contribution in [2.75, 3.05) is 6.61 Å². The Balaban J connectivity index is 2.47. The van der Waals surface area contributed by atoms with E-state index in [-0.39, 0.29) is 29.7 Å². The molecule has 6 nitrogen and oxygen atoms in total. The fourth-order valence-corrected chi connectivity index (χ4v) is 2.79. The second-order valence-electron chi connectivity index (χ2n) is 5.15. The first kappa shape index (κ1) is 15.7. The van der Waals surface area contributed by atoms with E-state index in [1.807, 2.05) is 20.8 Å². The Labute approximate surface area is 126 Å². The van der Waals surface area contributed by atoms with Gasteiger partial charge in [-0.15, -0.1) is 11.3 Å². The molecule has 2 aromatic heterocycles. The van der Waals surface area contributed by atoms with E-state index in [0.717, 1.165) is 0 Å². The van der Waals surface area contributed by atoms with Crippen LogP contribution in [0.3, 0.4) is 0 Å². The van der Waals surface area contributed by atoms with E-state index < -0.39 is 5.91 Å². The van der Waals surface area contributed by atoms with Gasteiger partial charge in [0.1, 0.15) is 5.56 Å². The van der Waals surface area contributed by atoms with Gasteiger partial charge in [-0.2, -0.15) is 0 Å². The Morgan fingerprint density at radius 1 is 1.52 bits per heavy atom. The van der Waals surface area contributed by atoms with Gasteiger partial charge in [0.25, 0.3) is 11.5 Å². The predicted octanol–water partition coefficient (Wildman–Crippen LogP) is 1.07. The molecule has 0 radical (unpaired) electrons. The Bertz CT molecular complexity index is 705. The molecular weight excluding hydrogens is 290 g/mol. The van der Waals surface area contributed by atoms with Crippen LogP contribution in [0.1, 0.15) is 36.8 Å². The number of nitrogens with zero attached hydrogens (tertiary/aromatic N) is 2. The summed E-state index contributed by atoms with van der Waals surface area (Å²) in [6, 6.07) is -0.384. The lowest BCUT2D eigenvalue weighted by Gasteiger charge is -2.20. The number of aliphatic hydroxyl groups excluding tert-OH is 1. The molecule has 0 spiro atoms. The van der Waals surface area contributed by atoms with Gasteiger partial charge in [-0.1, -0.05) is 20.8 Å². The third-order valence-corrected chi connectivity index (χ3v) is 4.18. The highest BCUT2D eigenvalue weighted by Crippen LogP contribution is 2.11. The van der Waals surface area contributed by atoms with E-state index in [0.29, 0.717) is 17.1 Å². The maximum absolute atomic E-state index is 12.5. The van der Waals surface area contributed by atoms with E-state index in [9.17, 15) is 14.7 Å². The van der Waals surface area contributed by atoms with Crippen LogP contribution in [0.5, 0.6) is 0 Å². The molecule has 2 rings (SSSR count). The molecule has 0 aromatic carbocycles. The minimum Gasteiger partial charge on any atom is -0.394 e. The molecule has 1 atom stereocenters. The van der Waals surface area contributed by atoms with E-state index in [1.54, 1.807) is 11.6 Å². The van der Waals surface area contributed by atoms with Crippen molar-refractivity contribution in [3.63, 3.8) is 0 Å². The zero-order valence-electron chi connectivity index (χ0n) is 12.3. The summed E-state index contributed by atoms with van der Waals surface area (Å²) in [6.07, 6.45) is 2.11. The third kappa shape index (κ3) is 2.98. The summed E-state index contributed by atoms with van der Waals surface area (Å²) in [5.41, 5.74) is 0.184. The SMILES string of the molecule is CCc1nc2sccn2c(=O)c1C(=O)N[C@H](CO)C(C)C. The summed E-state index contributed by atoms with van der Waals surface area (Å²) in [4.78, 5) is 29.8. The smallest absolute Gasteiger partial charge is 0.271 e. The van der Waals surface area contributed by atoms with Crippen LogP contribution in [0.2, 0.25) is 0 Å². The fourth-order valence-electron chi connectivity index (χ4n) is 2.07. The topological polar surface area (TPSA) is 83.7 Å². The molecule has 1 amide bonds. The van der Waals surface area contributed by atoms with Crippen molar-refractivity contribution in [2.24, 2.45) is 5.92 Å². The Morgan fingerprint density at radius 2 is 2.24 bits per heavy atom. The third-order valence-electron chi connectivity index (χ3n) is 3.42. The normalized spacial score (nSPS) is 12.8. The quantitative estimate of drug-likeness (QED) is 0.865. The second-order valence-corrected chi connectivity index (χ2v) is 6.03. The van der Waals surface area contributed by atoms with Crippen molar-refractivity contribution < 1.29 is 9.90 Å². The number of fused-ring (bicyclic) bond motifs is 1. The molecule has 0 unspecified atom stereocenters. The Hall–Kier alpha value is -1.73. The molecule has 0 saturated carbocycles. The number of thiazole rings is 1. The lowest BCUT2D eigenvalue weighted by Crippen LogP contribution is -2.43. The van der Waals surface area contributed by atoms with Gasteiger partial charge in [0.05, 0.1) is 18.3 Å². The lowest BCUT2D eigenvalue weighted by atomic mass is 10.0. The minimum absolute atomic E-state index is 0.0625. The van der Waals surface area contributed by atoms with Gasteiger partial charge >= 0.3 is 0 Å². The van der Waals surface area contributed by atoms with Crippen LogP contribution >= 0.6 is 11.3 Å². The maximum atomic E-state index is 12.5. The minimum atomic E-state index is -0.474. The standard InChI is InChI=1S/C14H19N3O3S/c1-4-9-11(12(19)15-10(7-18)8(2)3)13(20)17-5-6-21-14(17)16-9/h5-6,8,10,18H,4,7H2,1-3H3,(H,15,19)/t10-/m1/s1. The highest BCUT2D eigenvalue weighted by molar-refractivity contribution is 7.15. The van der Waals surface area contributed by atoms with Gasteiger partial charge in [0.15, 0.2) is 4.96 Å². The molecule has 0 bridgehead atoms. The van der Waals surface area contributed by atoms with E-state index >= 15 is 0 Å². The molecule has 0 saturated heterocycles. The van der Waals surface area contributed by atoms with Crippen molar-refractivity contribution in [2.45, 2.75) is 33.2 Å². The van der Waals surface area contributed by atoms with Crippen molar-refractivity contribution >= 4 is 22.2 Å². The molecule has 0 fully saturated rings. The summed E-state index contributed by atoms with van der Waals surface area (Å²) in [5.74, 6) is -0.401. The first-order valence-corrected chi connectivity index (χ1v) is 7.78. The molecule has 2 N–H and O–H groups in total. The molecule has 0 aliphatic carbocycles. The van der Waals surface area contributed by atoms with Crippen LogP contribution in [0.15, 0.2) is 16.4 Å². The van der Waals surface area contributed by atoms with E-state index in [4.69, 9.17) is 0 Å². The van der Waals surface area contributed by atoms with Crippen LogP contribution in [0.4, 0.5) is 0 Å². The van der Waals surface area contributed by atoms with Crippen LogP contribution in [-0.2, 0) is 6.42 Å². The number of hydrogen-bond acceptors (Lipinski definition) is 5. The lowest BCUT2D eigenvalue weighted by molar-refractivity contribution is 0.0893. The first-order chi connectivity index (χ1) is 9.99. The number of aromatic nitrogens is 2. The molecule has 0 aliphatic rings. The van der Waals surface area contributed by atoms with E-state index in [2.05, 4.69) is 10.3 Å². The summed E-state index contributed by atoms with van der Waals surface area (Å²) in [7, 11) is 0. The Morgan fingerprint density at radius 3 is 2.81 bits per heavy atom. The number of aliphatic hydroxyl groups is 1. The number of carbonyl (C=O) groups excluding carboxylic acids is 1. The summed E-state index contributed by atoms with van der Waals surface area (Å²) >= 11 is 1.35. The summed E-state index contributed by atoms with van der Waals surface area (Å²) < 4.78 is 1.38. The zero-order chi connectivity index (χ0) is 15.6. The van der Waals surface area contributed by atoms with Crippen molar-refractivity contribution in [1.29, 1.82) is 0 Å². The van der Waals surface area contributed by atoms with Crippen molar-refractivity contribution in [1.82, 2.24) is 14.7 Å². The van der Waals surface area contributed by atoms with Crippen molar-refractivity contribution in [3.8, 4) is 0 Å². The number of amides is 1.